The van der Waals surface area contributed by atoms with E-state index in [0.717, 1.165) is 18.5 Å². The third kappa shape index (κ3) is 5.12. The van der Waals surface area contributed by atoms with Crippen LogP contribution in [0.1, 0.15) is 29.2 Å². The van der Waals surface area contributed by atoms with Gasteiger partial charge in [0.25, 0.3) is 5.92 Å². The Morgan fingerprint density at radius 1 is 0.862 bits per heavy atom. The van der Waals surface area contributed by atoms with Crippen molar-refractivity contribution in [2.75, 3.05) is 20.7 Å². The van der Waals surface area contributed by atoms with Crippen molar-refractivity contribution >= 4 is 0 Å². The lowest BCUT2D eigenvalue weighted by atomic mass is 10.00. The molecule has 0 aliphatic rings. The number of ether oxygens (including phenoxy) is 2. The first kappa shape index (κ1) is 20.8. The van der Waals surface area contributed by atoms with Crippen molar-refractivity contribution in [2.24, 2.45) is 0 Å². The van der Waals surface area contributed by atoms with Gasteiger partial charge in [-0.3, -0.25) is 0 Å². The maximum Gasteiger partial charge on any atom is 0.298 e. The number of benzene rings is 3. The van der Waals surface area contributed by atoms with E-state index in [1.54, 1.807) is 24.3 Å². The number of hydrogen-bond donors (Lipinski definition) is 1. The summed E-state index contributed by atoms with van der Waals surface area (Å²) in [6.07, 6.45) is 0.607. The van der Waals surface area contributed by atoms with E-state index in [1.165, 1.54) is 31.4 Å². The van der Waals surface area contributed by atoms with Crippen molar-refractivity contribution in [1.82, 2.24) is 5.32 Å². The zero-order valence-corrected chi connectivity index (χ0v) is 16.6. The Labute approximate surface area is 170 Å². The van der Waals surface area contributed by atoms with Crippen LogP contribution in [-0.4, -0.2) is 20.7 Å². The molecule has 0 bridgehead atoms. The van der Waals surface area contributed by atoms with E-state index in [1.807, 2.05) is 37.4 Å². The van der Waals surface area contributed by atoms with Crippen molar-refractivity contribution in [2.45, 2.75) is 18.4 Å². The van der Waals surface area contributed by atoms with Gasteiger partial charge < -0.3 is 14.8 Å². The molecule has 3 aromatic carbocycles. The van der Waals surface area contributed by atoms with E-state index in [4.69, 9.17) is 9.47 Å². The predicted octanol–water partition coefficient (Wildman–Crippen LogP) is 5.56. The van der Waals surface area contributed by atoms with Gasteiger partial charge in [-0.1, -0.05) is 42.5 Å². The van der Waals surface area contributed by atoms with Gasteiger partial charge >= 0.3 is 0 Å². The zero-order chi connectivity index (χ0) is 20.7. The van der Waals surface area contributed by atoms with Gasteiger partial charge in [0, 0.05) is 17.5 Å². The summed E-state index contributed by atoms with van der Waals surface area (Å²) in [5.74, 6) is -2.17. The SMILES string of the molecule is CNCCC(Oc1ccc(C(F)(F)c2cccc(OC)c2)cc1)c1ccccc1. The summed E-state index contributed by atoms with van der Waals surface area (Å²) in [5.41, 5.74) is 0.847. The van der Waals surface area contributed by atoms with E-state index in [-0.39, 0.29) is 17.2 Å². The minimum Gasteiger partial charge on any atom is -0.497 e. The second-order valence-corrected chi connectivity index (χ2v) is 6.74. The van der Waals surface area contributed by atoms with Crippen LogP contribution < -0.4 is 14.8 Å². The Bertz CT molecular complexity index is 898. The molecule has 5 heteroatoms. The van der Waals surface area contributed by atoms with Crippen molar-refractivity contribution in [3.8, 4) is 11.5 Å². The van der Waals surface area contributed by atoms with Gasteiger partial charge in [0.1, 0.15) is 17.6 Å². The summed E-state index contributed by atoms with van der Waals surface area (Å²) in [4.78, 5) is 0. The average Bonchev–Trinajstić information content (AvgIpc) is 2.77. The molecule has 29 heavy (non-hydrogen) atoms. The highest BCUT2D eigenvalue weighted by molar-refractivity contribution is 5.40. The summed E-state index contributed by atoms with van der Waals surface area (Å²) >= 11 is 0. The van der Waals surface area contributed by atoms with E-state index in [0.29, 0.717) is 11.5 Å². The quantitative estimate of drug-likeness (QED) is 0.512. The monoisotopic (exact) mass is 397 g/mol. The Morgan fingerprint density at radius 3 is 2.24 bits per heavy atom. The van der Waals surface area contributed by atoms with Crippen LogP contribution in [0.5, 0.6) is 11.5 Å². The third-order valence-corrected chi connectivity index (χ3v) is 4.76. The molecule has 0 aromatic heterocycles. The molecule has 3 nitrogen and oxygen atoms in total. The topological polar surface area (TPSA) is 30.5 Å². The number of alkyl halides is 2. The van der Waals surface area contributed by atoms with Crippen molar-refractivity contribution in [1.29, 1.82) is 0 Å². The van der Waals surface area contributed by atoms with Gasteiger partial charge in [-0.2, -0.15) is 8.78 Å². The van der Waals surface area contributed by atoms with E-state index < -0.39 is 5.92 Å². The molecule has 0 heterocycles. The first-order chi connectivity index (χ1) is 14.0. The van der Waals surface area contributed by atoms with E-state index in [9.17, 15) is 8.78 Å². The van der Waals surface area contributed by atoms with Crippen LogP contribution in [0.15, 0.2) is 78.9 Å². The highest BCUT2D eigenvalue weighted by atomic mass is 19.3. The fourth-order valence-electron chi connectivity index (χ4n) is 3.13. The molecule has 0 aliphatic carbocycles. The fraction of sp³-hybridized carbons (Fsp3) is 0.250. The van der Waals surface area contributed by atoms with E-state index >= 15 is 0 Å². The van der Waals surface area contributed by atoms with Gasteiger partial charge in [-0.05, 0) is 55.6 Å². The fourth-order valence-corrected chi connectivity index (χ4v) is 3.13. The average molecular weight is 397 g/mol. The number of methoxy groups -OCH3 is 1. The molecule has 3 aromatic rings. The molecular weight excluding hydrogens is 372 g/mol. The number of rotatable bonds is 9. The smallest absolute Gasteiger partial charge is 0.298 e. The maximum atomic E-state index is 14.9. The van der Waals surface area contributed by atoms with Crippen molar-refractivity contribution in [3.05, 3.63) is 95.6 Å². The maximum absolute atomic E-state index is 14.9. The highest BCUT2D eigenvalue weighted by Gasteiger charge is 2.34. The highest BCUT2D eigenvalue weighted by Crippen LogP contribution is 2.38. The Hall–Kier alpha value is -2.92. The molecule has 0 spiro atoms. The van der Waals surface area contributed by atoms with Crippen molar-refractivity contribution in [3.63, 3.8) is 0 Å². The Balaban J connectivity index is 1.79. The largest absolute Gasteiger partial charge is 0.497 e. The van der Waals surface area contributed by atoms with Crippen LogP contribution in [0, 0.1) is 0 Å². The normalized spacial score (nSPS) is 12.4. The lowest BCUT2D eigenvalue weighted by Crippen LogP contribution is -2.17. The molecule has 1 atom stereocenters. The van der Waals surface area contributed by atoms with Crippen LogP contribution >= 0.6 is 0 Å². The van der Waals surface area contributed by atoms with Gasteiger partial charge in [0.05, 0.1) is 7.11 Å². The minimum atomic E-state index is -3.13. The molecule has 0 amide bonds. The predicted molar refractivity (Wildman–Crippen MR) is 111 cm³/mol. The minimum absolute atomic E-state index is 0.0930. The van der Waals surface area contributed by atoms with Crippen molar-refractivity contribution < 1.29 is 18.3 Å². The summed E-state index contributed by atoms with van der Waals surface area (Å²) < 4.78 is 41.0. The molecule has 152 valence electrons. The first-order valence-corrected chi connectivity index (χ1v) is 9.53. The molecule has 0 aliphatic heterocycles. The van der Waals surface area contributed by atoms with Crippen LogP contribution in [0.4, 0.5) is 8.78 Å². The molecule has 0 radical (unpaired) electrons. The molecular formula is C24H25F2NO2. The van der Waals surface area contributed by atoms with Crippen LogP contribution in [0.3, 0.4) is 0 Å². The standard InChI is InChI=1S/C24H25F2NO2/c1-27-16-15-23(18-7-4-3-5-8-18)29-21-13-11-19(12-14-21)24(25,26)20-9-6-10-22(17-20)28-2/h3-14,17,23,27H,15-16H2,1-2H3. The van der Waals surface area contributed by atoms with Gasteiger partial charge in [0.2, 0.25) is 0 Å². The lowest BCUT2D eigenvalue weighted by Gasteiger charge is -2.21. The lowest BCUT2D eigenvalue weighted by molar-refractivity contribution is 0.0425. The Kier molecular flexibility index (Phi) is 6.83. The number of nitrogens with one attached hydrogen (secondary N) is 1. The molecule has 3 rings (SSSR count). The molecule has 0 saturated carbocycles. The van der Waals surface area contributed by atoms with Gasteiger partial charge in [-0.25, -0.2) is 0 Å². The van der Waals surface area contributed by atoms with Crippen LogP contribution in [-0.2, 0) is 5.92 Å². The second kappa shape index (κ2) is 9.52. The Morgan fingerprint density at radius 2 is 1.59 bits per heavy atom. The van der Waals surface area contributed by atoms with Gasteiger partial charge in [-0.15, -0.1) is 0 Å². The third-order valence-electron chi connectivity index (χ3n) is 4.76. The summed E-state index contributed by atoms with van der Waals surface area (Å²) in [7, 11) is 3.35. The van der Waals surface area contributed by atoms with Crippen LogP contribution in [0.25, 0.3) is 0 Å². The summed E-state index contributed by atoms with van der Waals surface area (Å²) in [6, 6.07) is 21.9. The first-order valence-electron chi connectivity index (χ1n) is 9.53. The number of hydrogen-bond acceptors (Lipinski definition) is 3. The molecule has 1 unspecified atom stereocenters. The number of halogens is 2. The summed E-state index contributed by atoms with van der Waals surface area (Å²) in [5, 5.41) is 3.12. The zero-order valence-electron chi connectivity index (χ0n) is 16.6. The molecule has 0 saturated heterocycles. The van der Waals surface area contributed by atoms with Gasteiger partial charge in [0.15, 0.2) is 0 Å². The van der Waals surface area contributed by atoms with E-state index in [2.05, 4.69) is 5.32 Å². The molecule has 1 N–H and O–H groups in total. The second-order valence-electron chi connectivity index (χ2n) is 6.74. The molecule has 0 fully saturated rings. The summed E-state index contributed by atoms with van der Waals surface area (Å²) in [6.45, 7) is 0.783. The van der Waals surface area contributed by atoms with Crippen LogP contribution in [0.2, 0.25) is 0 Å².